The first-order chi connectivity index (χ1) is 11.0. The summed E-state index contributed by atoms with van der Waals surface area (Å²) in [7, 11) is -2.20. The van der Waals surface area contributed by atoms with Gasteiger partial charge in [0.25, 0.3) is 0 Å². The Morgan fingerprint density at radius 3 is 1.84 bits per heavy atom. The molecule has 0 aliphatic heterocycles. The van der Waals surface area contributed by atoms with Gasteiger partial charge in [-0.1, -0.05) is 79.9 Å². The molecule has 0 amide bonds. The molecule has 0 aliphatic carbocycles. The van der Waals surface area contributed by atoms with Crippen LogP contribution in [0.25, 0.3) is 6.08 Å². The molecule has 1 aromatic carbocycles. The van der Waals surface area contributed by atoms with E-state index in [1.807, 2.05) is 13.1 Å². The molecule has 0 aromatic heterocycles. The van der Waals surface area contributed by atoms with Gasteiger partial charge >= 0.3 is 6.18 Å². The second kappa shape index (κ2) is 7.81. The molecular weight excluding hydrogens is 412 g/mol. The summed E-state index contributed by atoms with van der Waals surface area (Å²) < 4.78 is 42.3. The highest BCUT2D eigenvalue weighted by molar-refractivity contribution is 6.74. The Morgan fingerprint density at radius 1 is 1.00 bits per heavy atom. The van der Waals surface area contributed by atoms with E-state index >= 15 is 0 Å². The van der Waals surface area contributed by atoms with E-state index in [0.29, 0.717) is 5.56 Å². The van der Waals surface area contributed by atoms with Gasteiger partial charge in [0.2, 0.25) is 3.79 Å². The number of hydrogen-bond donors (Lipinski definition) is 0. The van der Waals surface area contributed by atoms with Gasteiger partial charge in [-0.05, 0) is 35.8 Å². The van der Waals surface area contributed by atoms with E-state index in [0.717, 1.165) is 12.1 Å². The van der Waals surface area contributed by atoms with Crippen molar-refractivity contribution >= 4 is 49.2 Å². The van der Waals surface area contributed by atoms with Gasteiger partial charge < -0.3 is 4.43 Å². The van der Waals surface area contributed by atoms with Crippen LogP contribution in [0.4, 0.5) is 13.2 Å². The summed E-state index contributed by atoms with van der Waals surface area (Å²) in [6, 6.07) is 4.75. The first-order valence-electron chi connectivity index (χ1n) is 7.64. The van der Waals surface area contributed by atoms with Crippen molar-refractivity contribution in [2.45, 2.75) is 55.0 Å². The third kappa shape index (κ3) is 6.79. The van der Waals surface area contributed by atoms with Crippen LogP contribution < -0.4 is 0 Å². The maximum atomic E-state index is 12.6. The fraction of sp³-hybridized carbons (Fsp3) is 0.529. The molecule has 0 N–H and O–H groups in total. The number of benzene rings is 1. The molecular formula is C17H22Cl3F3OSi. The maximum absolute atomic E-state index is 12.6. The van der Waals surface area contributed by atoms with Crippen molar-refractivity contribution in [1.82, 2.24) is 0 Å². The van der Waals surface area contributed by atoms with Crippen LogP contribution in [0, 0.1) is 0 Å². The Kier molecular flexibility index (Phi) is 7.13. The van der Waals surface area contributed by atoms with Crippen molar-refractivity contribution in [3.05, 3.63) is 41.5 Å². The van der Waals surface area contributed by atoms with Gasteiger partial charge in [-0.3, -0.25) is 0 Å². The molecule has 25 heavy (non-hydrogen) atoms. The fourth-order valence-electron chi connectivity index (χ4n) is 1.69. The normalized spacial score (nSPS) is 15.6. The molecule has 8 heteroatoms. The third-order valence-corrected chi connectivity index (χ3v) is 9.35. The minimum absolute atomic E-state index is 0.0800. The first kappa shape index (κ1) is 22.8. The fourth-order valence-corrected chi connectivity index (χ4v) is 3.51. The largest absolute Gasteiger partial charge is 0.416 e. The topological polar surface area (TPSA) is 9.23 Å². The molecule has 1 unspecified atom stereocenters. The highest BCUT2D eigenvalue weighted by Gasteiger charge is 2.43. The Labute approximate surface area is 163 Å². The lowest BCUT2D eigenvalue weighted by Crippen LogP contribution is -2.46. The number of halogens is 6. The summed E-state index contributed by atoms with van der Waals surface area (Å²) >= 11 is 18.1. The number of alkyl halides is 6. The van der Waals surface area contributed by atoms with E-state index in [9.17, 15) is 13.2 Å². The maximum Gasteiger partial charge on any atom is 0.416 e. The Hall–Kier alpha value is -0.203. The van der Waals surface area contributed by atoms with E-state index in [4.69, 9.17) is 39.2 Å². The van der Waals surface area contributed by atoms with Gasteiger partial charge in [-0.2, -0.15) is 13.2 Å². The summed E-state index contributed by atoms with van der Waals surface area (Å²) in [5, 5.41) is -0.0800. The molecule has 0 radical (unpaired) electrons. The molecule has 0 heterocycles. The lowest BCUT2D eigenvalue weighted by molar-refractivity contribution is -0.137. The van der Waals surface area contributed by atoms with Crippen LogP contribution in [0.3, 0.4) is 0 Å². The molecule has 1 nitrogen and oxygen atoms in total. The van der Waals surface area contributed by atoms with E-state index in [1.165, 1.54) is 12.1 Å². The Morgan fingerprint density at radius 2 is 1.48 bits per heavy atom. The van der Waals surface area contributed by atoms with E-state index in [-0.39, 0.29) is 5.04 Å². The smallest absolute Gasteiger partial charge is 0.406 e. The van der Waals surface area contributed by atoms with Gasteiger partial charge in [0.1, 0.15) is 6.10 Å². The number of rotatable bonds is 4. The lowest BCUT2D eigenvalue weighted by atomic mass is 10.1. The van der Waals surface area contributed by atoms with Crippen LogP contribution in [0.15, 0.2) is 30.3 Å². The van der Waals surface area contributed by atoms with E-state index in [2.05, 4.69) is 20.8 Å². The van der Waals surface area contributed by atoms with Crippen molar-refractivity contribution in [3.63, 3.8) is 0 Å². The van der Waals surface area contributed by atoms with Crippen molar-refractivity contribution in [2.24, 2.45) is 0 Å². The van der Waals surface area contributed by atoms with Crippen LogP contribution in [-0.2, 0) is 10.6 Å². The van der Waals surface area contributed by atoms with E-state index < -0.39 is 30.0 Å². The molecule has 0 spiro atoms. The zero-order valence-corrected chi connectivity index (χ0v) is 18.0. The molecule has 0 bridgehead atoms. The lowest BCUT2D eigenvalue weighted by Gasteiger charge is -2.40. The molecule has 0 saturated heterocycles. The standard InChI is InChI=1S/C17H22Cl3F3OSi/c1-15(2,3)25(4,5)24-14(16(18,19)20)11-8-12-6-9-13(10-7-12)17(21,22)23/h6-11,14H,1-5H3/b11-8+. The molecule has 1 rings (SSSR count). The second-order valence-electron chi connectivity index (χ2n) is 7.32. The van der Waals surface area contributed by atoms with Gasteiger partial charge in [0.15, 0.2) is 8.32 Å². The third-order valence-electron chi connectivity index (χ3n) is 4.25. The molecule has 1 atom stereocenters. The Bertz CT molecular complexity index is 600. The quantitative estimate of drug-likeness (QED) is 0.353. The van der Waals surface area contributed by atoms with Crippen LogP contribution in [0.2, 0.25) is 18.1 Å². The van der Waals surface area contributed by atoms with E-state index in [1.54, 1.807) is 12.2 Å². The summed E-state index contributed by atoms with van der Waals surface area (Å²) in [4.78, 5) is 0. The Balaban J connectivity index is 3.02. The van der Waals surface area contributed by atoms with Crippen molar-refractivity contribution in [3.8, 4) is 0 Å². The van der Waals surface area contributed by atoms with Crippen LogP contribution in [-0.4, -0.2) is 18.2 Å². The minimum atomic E-state index is -4.37. The van der Waals surface area contributed by atoms with Crippen LogP contribution >= 0.6 is 34.8 Å². The molecule has 1 aromatic rings. The predicted octanol–water partition coefficient (Wildman–Crippen LogP) is 7.48. The number of hydrogen-bond acceptors (Lipinski definition) is 1. The molecule has 0 saturated carbocycles. The van der Waals surface area contributed by atoms with Gasteiger partial charge in [-0.15, -0.1) is 0 Å². The van der Waals surface area contributed by atoms with Crippen LogP contribution in [0.5, 0.6) is 0 Å². The average Bonchev–Trinajstić information content (AvgIpc) is 2.40. The predicted molar refractivity (Wildman–Crippen MR) is 103 cm³/mol. The monoisotopic (exact) mass is 432 g/mol. The van der Waals surface area contributed by atoms with Gasteiger partial charge in [0.05, 0.1) is 5.56 Å². The minimum Gasteiger partial charge on any atom is -0.406 e. The van der Waals surface area contributed by atoms with Crippen LogP contribution in [0.1, 0.15) is 31.9 Å². The summed E-state index contributed by atoms with van der Waals surface area (Å²) in [6.07, 6.45) is -2.00. The highest BCUT2D eigenvalue weighted by atomic mass is 35.6. The summed E-state index contributed by atoms with van der Waals surface area (Å²) in [6.45, 7) is 10.3. The van der Waals surface area contributed by atoms with Crippen molar-refractivity contribution in [1.29, 1.82) is 0 Å². The molecule has 142 valence electrons. The zero-order chi connectivity index (χ0) is 19.7. The second-order valence-corrected chi connectivity index (χ2v) is 14.4. The van der Waals surface area contributed by atoms with Gasteiger partial charge in [0, 0.05) is 0 Å². The SMILES string of the molecule is CC(C)(C)[Si](C)(C)OC(/C=C/c1ccc(C(F)(F)F)cc1)C(Cl)(Cl)Cl. The molecule has 0 aliphatic rings. The van der Waals surface area contributed by atoms with Crippen molar-refractivity contribution < 1.29 is 17.6 Å². The average molecular weight is 434 g/mol. The zero-order valence-electron chi connectivity index (χ0n) is 14.7. The first-order valence-corrected chi connectivity index (χ1v) is 11.7. The highest BCUT2D eigenvalue weighted by Crippen LogP contribution is 2.42. The summed E-state index contributed by atoms with van der Waals surface area (Å²) in [5.74, 6) is 0. The van der Waals surface area contributed by atoms with Crippen molar-refractivity contribution in [2.75, 3.05) is 0 Å². The molecule has 0 fully saturated rings. The summed E-state index contributed by atoms with van der Waals surface area (Å²) in [5.41, 5.74) is -0.147. The van der Waals surface area contributed by atoms with Gasteiger partial charge in [-0.25, -0.2) is 0 Å².